The van der Waals surface area contributed by atoms with E-state index in [1.54, 1.807) is 0 Å². The van der Waals surface area contributed by atoms with Crippen molar-refractivity contribution in [1.82, 2.24) is 0 Å². The quantitative estimate of drug-likeness (QED) is 0.0265. The lowest BCUT2D eigenvalue weighted by Crippen LogP contribution is -2.59. The number of hydrogen-bond acceptors (Lipinski definition) is 10. The molecule has 1 heterocycles. The van der Waals surface area contributed by atoms with E-state index in [1.165, 1.54) is 135 Å². The molecule has 0 bridgehead atoms. The van der Waals surface area contributed by atoms with Crippen LogP contribution in [0.1, 0.15) is 226 Å². The fourth-order valence-electron chi connectivity index (χ4n) is 7.68. The number of ether oxygens (including phenoxy) is 4. The van der Waals surface area contributed by atoms with Gasteiger partial charge in [-0.15, -0.1) is 0 Å². The third-order valence-corrected chi connectivity index (χ3v) is 11.7. The molecule has 0 spiro atoms. The fraction of sp³-hybridized carbons (Fsp3) is 0.846. The zero-order valence-electron chi connectivity index (χ0n) is 39.6. The first-order valence-electron chi connectivity index (χ1n) is 25.6. The molecule has 1 aliphatic rings. The van der Waals surface area contributed by atoms with Crippen LogP contribution in [-0.4, -0.2) is 89.0 Å². The van der Waals surface area contributed by atoms with Crippen molar-refractivity contribution in [3.05, 3.63) is 36.5 Å². The summed E-state index contributed by atoms with van der Waals surface area (Å²) in [6.07, 6.45) is 42.9. The Kier molecular flexibility index (Phi) is 40.0. The van der Waals surface area contributed by atoms with E-state index in [2.05, 4.69) is 50.3 Å². The molecular formula is C52H94O10. The van der Waals surface area contributed by atoms with Gasteiger partial charge >= 0.3 is 11.9 Å². The lowest BCUT2D eigenvalue weighted by Gasteiger charge is -2.39. The van der Waals surface area contributed by atoms with E-state index in [4.69, 9.17) is 18.9 Å². The summed E-state index contributed by atoms with van der Waals surface area (Å²) in [5.41, 5.74) is 0. The van der Waals surface area contributed by atoms with E-state index in [0.717, 1.165) is 57.8 Å². The number of allylic oxidation sites excluding steroid dienone is 6. The van der Waals surface area contributed by atoms with Crippen LogP contribution in [0.4, 0.5) is 0 Å². The number of unbranched alkanes of at least 4 members (excludes halogenated alkanes) is 26. The first-order valence-corrected chi connectivity index (χ1v) is 25.6. The number of rotatable bonds is 43. The lowest BCUT2D eigenvalue weighted by atomic mass is 9.99. The Morgan fingerprint density at radius 1 is 0.500 bits per heavy atom. The molecule has 0 radical (unpaired) electrons. The molecule has 0 aromatic heterocycles. The Labute approximate surface area is 378 Å². The standard InChI is InChI=1S/C52H94O10/c1-3-5-7-9-11-13-15-17-19-21-23-25-26-28-30-32-34-36-38-40-47(54)59-43-45(44-60-52-51(58)50(57)49(56)46(42-53)62-52)61-48(55)41-39-37-35-33-31-29-27-24-22-20-18-16-14-12-10-8-6-4-2/h14,16-17,19-20,22,45-46,49-53,56-58H,3-13,15,18,21,23-44H2,1-2H3/b16-14-,19-17-,22-20-. The van der Waals surface area contributed by atoms with Gasteiger partial charge in [-0.1, -0.05) is 179 Å². The van der Waals surface area contributed by atoms with Crippen LogP contribution >= 0.6 is 0 Å². The number of carbonyl (C=O) groups is 2. The van der Waals surface area contributed by atoms with Crippen molar-refractivity contribution in [3.63, 3.8) is 0 Å². The molecule has 1 fully saturated rings. The van der Waals surface area contributed by atoms with Gasteiger partial charge in [0.05, 0.1) is 13.2 Å². The predicted molar refractivity (Wildman–Crippen MR) is 252 cm³/mol. The summed E-state index contributed by atoms with van der Waals surface area (Å²) < 4.78 is 22.2. The van der Waals surface area contributed by atoms with Crippen molar-refractivity contribution in [3.8, 4) is 0 Å². The molecule has 362 valence electrons. The largest absolute Gasteiger partial charge is 0.462 e. The molecule has 62 heavy (non-hydrogen) atoms. The van der Waals surface area contributed by atoms with Gasteiger partial charge in [0.15, 0.2) is 12.4 Å². The highest BCUT2D eigenvalue weighted by atomic mass is 16.7. The summed E-state index contributed by atoms with van der Waals surface area (Å²) in [5.74, 6) is -0.811. The van der Waals surface area contributed by atoms with E-state index < -0.39 is 49.4 Å². The van der Waals surface area contributed by atoms with Crippen LogP contribution in [0.15, 0.2) is 36.5 Å². The Morgan fingerprint density at radius 3 is 1.37 bits per heavy atom. The summed E-state index contributed by atoms with van der Waals surface area (Å²) >= 11 is 0. The summed E-state index contributed by atoms with van der Waals surface area (Å²) in [6, 6.07) is 0. The van der Waals surface area contributed by atoms with E-state index in [-0.39, 0.29) is 32.0 Å². The number of hydrogen-bond donors (Lipinski definition) is 4. The second-order valence-electron chi connectivity index (χ2n) is 17.6. The normalized spacial score (nSPS) is 19.9. The molecular weight excluding hydrogens is 785 g/mol. The average molecular weight is 879 g/mol. The monoisotopic (exact) mass is 879 g/mol. The Morgan fingerprint density at radius 2 is 0.903 bits per heavy atom. The van der Waals surface area contributed by atoms with Gasteiger partial charge in [-0.05, 0) is 70.6 Å². The lowest BCUT2D eigenvalue weighted by molar-refractivity contribution is -0.305. The van der Waals surface area contributed by atoms with Crippen LogP contribution in [0.5, 0.6) is 0 Å². The average Bonchev–Trinajstić information content (AvgIpc) is 3.27. The van der Waals surface area contributed by atoms with Crippen molar-refractivity contribution in [2.45, 2.75) is 263 Å². The van der Waals surface area contributed by atoms with Gasteiger partial charge in [0, 0.05) is 12.8 Å². The van der Waals surface area contributed by atoms with Gasteiger partial charge in [0.2, 0.25) is 0 Å². The van der Waals surface area contributed by atoms with Crippen molar-refractivity contribution >= 4 is 11.9 Å². The van der Waals surface area contributed by atoms with Crippen molar-refractivity contribution in [1.29, 1.82) is 0 Å². The zero-order valence-corrected chi connectivity index (χ0v) is 39.6. The molecule has 6 atom stereocenters. The molecule has 0 aromatic rings. The first kappa shape index (κ1) is 57.9. The van der Waals surface area contributed by atoms with Crippen LogP contribution in [0.3, 0.4) is 0 Å². The maximum atomic E-state index is 12.8. The van der Waals surface area contributed by atoms with Crippen LogP contribution in [-0.2, 0) is 28.5 Å². The third kappa shape index (κ3) is 33.4. The molecule has 1 rings (SSSR count). The van der Waals surface area contributed by atoms with E-state index in [0.29, 0.717) is 6.42 Å². The minimum atomic E-state index is -1.60. The summed E-state index contributed by atoms with van der Waals surface area (Å²) in [6.45, 7) is 3.42. The second kappa shape index (κ2) is 42.8. The topological polar surface area (TPSA) is 152 Å². The minimum Gasteiger partial charge on any atom is -0.462 e. The van der Waals surface area contributed by atoms with Gasteiger partial charge in [-0.25, -0.2) is 0 Å². The number of carbonyl (C=O) groups excluding carboxylic acids is 2. The molecule has 0 amide bonds. The molecule has 4 N–H and O–H groups in total. The molecule has 10 heteroatoms. The predicted octanol–water partition coefficient (Wildman–Crippen LogP) is 11.8. The Balaban J connectivity index is 2.27. The Hall–Kier alpha value is -2.08. The highest BCUT2D eigenvalue weighted by Gasteiger charge is 2.44. The van der Waals surface area contributed by atoms with Crippen molar-refractivity contribution in [2.75, 3.05) is 19.8 Å². The SMILES string of the molecule is CCCCCC/C=C\C/C=C\CCCCCCCCCC(=O)OC(COC(=O)CCCCCCCCCCC/C=C\CCCCCCCC)COC1OC(CO)C(O)C(O)C1O. The number of aliphatic hydroxyl groups is 4. The summed E-state index contributed by atoms with van der Waals surface area (Å²) in [4.78, 5) is 25.4. The zero-order chi connectivity index (χ0) is 45.1. The van der Waals surface area contributed by atoms with E-state index >= 15 is 0 Å². The van der Waals surface area contributed by atoms with Crippen LogP contribution in [0, 0.1) is 0 Å². The molecule has 1 saturated heterocycles. The van der Waals surface area contributed by atoms with Gasteiger partial charge in [0.25, 0.3) is 0 Å². The maximum absolute atomic E-state index is 12.8. The fourth-order valence-corrected chi connectivity index (χ4v) is 7.68. The van der Waals surface area contributed by atoms with Crippen LogP contribution in [0.25, 0.3) is 0 Å². The third-order valence-electron chi connectivity index (χ3n) is 11.7. The summed E-state index contributed by atoms with van der Waals surface area (Å²) in [5, 5.41) is 40.2. The van der Waals surface area contributed by atoms with Crippen molar-refractivity contribution < 1.29 is 49.0 Å². The molecule has 6 unspecified atom stereocenters. The first-order chi connectivity index (χ1) is 30.3. The molecule has 10 nitrogen and oxygen atoms in total. The van der Waals surface area contributed by atoms with Gasteiger partial charge in [-0.3, -0.25) is 9.59 Å². The van der Waals surface area contributed by atoms with Crippen LogP contribution < -0.4 is 0 Å². The van der Waals surface area contributed by atoms with Gasteiger partial charge in [-0.2, -0.15) is 0 Å². The molecule has 0 aromatic carbocycles. The van der Waals surface area contributed by atoms with Gasteiger partial charge in [0.1, 0.15) is 31.0 Å². The van der Waals surface area contributed by atoms with E-state index in [9.17, 15) is 30.0 Å². The second-order valence-corrected chi connectivity index (χ2v) is 17.6. The summed E-state index contributed by atoms with van der Waals surface area (Å²) in [7, 11) is 0. The molecule has 0 saturated carbocycles. The molecule has 0 aliphatic carbocycles. The maximum Gasteiger partial charge on any atom is 0.306 e. The van der Waals surface area contributed by atoms with E-state index in [1.807, 2.05) is 0 Å². The Bertz CT molecular complexity index is 1110. The van der Waals surface area contributed by atoms with Gasteiger partial charge < -0.3 is 39.4 Å². The van der Waals surface area contributed by atoms with Crippen molar-refractivity contribution in [2.24, 2.45) is 0 Å². The minimum absolute atomic E-state index is 0.220. The highest BCUT2D eigenvalue weighted by molar-refractivity contribution is 5.70. The number of aliphatic hydroxyl groups excluding tert-OH is 4. The van der Waals surface area contributed by atoms with Crippen LogP contribution in [0.2, 0.25) is 0 Å². The number of esters is 2. The smallest absolute Gasteiger partial charge is 0.306 e. The highest BCUT2D eigenvalue weighted by Crippen LogP contribution is 2.23. The molecule has 1 aliphatic heterocycles.